The molecule has 0 spiro atoms. The molecule has 150 valence electrons. The molecule has 0 saturated carbocycles. The number of hydrogen-bond donors (Lipinski definition) is 2. The second-order valence-electron chi connectivity index (χ2n) is 6.06. The summed E-state index contributed by atoms with van der Waals surface area (Å²) >= 11 is 5.67. The number of hydrogen-bond acceptors (Lipinski definition) is 5. The average Bonchev–Trinajstić information content (AvgIpc) is 2.62. The van der Waals surface area contributed by atoms with Crippen LogP contribution in [0.1, 0.15) is 13.3 Å². The molecular weight excluding hydrogens is 399 g/mol. The molecule has 8 nitrogen and oxygen atoms in total. The van der Waals surface area contributed by atoms with Gasteiger partial charge >= 0.3 is 6.03 Å². The van der Waals surface area contributed by atoms with Crippen molar-refractivity contribution in [2.75, 3.05) is 39.3 Å². The van der Waals surface area contributed by atoms with Crippen LogP contribution in [0.2, 0.25) is 5.02 Å². The fraction of sp³-hybridized carbons (Fsp3) is 0.500. The van der Waals surface area contributed by atoms with E-state index >= 15 is 0 Å². The standard InChI is InChI=1S/C16H22ClFN4O4S/c1-2-5-19-16(24)20-15(23)11-21-6-8-22(9-7-21)27(25,26)12-3-4-14(18)13(17)10-12/h3-4,10H,2,5-9,11H2,1H3,(H2,19,20,23,24). The van der Waals surface area contributed by atoms with Crippen molar-refractivity contribution < 1.29 is 22.4 Å². The van der Waals surface area contributed by atoms with E-state index in [1.165, 1.54) is 10.4 Å². The van der Waals surface area contributed by atoms with Gasteiger partial charge in [0.15, 0.2) is 0 Å². The first-order chi connectivity index (χ1) is 12.7. The predicted molar refractivity (Wildman–Crippen MR) is 98.4 cm³/mol. The molecule has 0 radical (unpaired) electrons. The Morgan fingerprint density at radius 2 is 1.89 bits per heavy atom. The van der Waals surface area contributed by atoms with Gasteiger partial charge in [-0.25, -0.2) is 17.6 Å². The average molecular weight is 421 g/mol. The SMILES string of the molecule is CCCNC(=O)NC(=O)CN1CCN(S(=O)(=O)c2ccc(F)c(Cl)c2)CC1. The molecule has 0 aromatic heterocycles. The van der Waals surface area contributed by atoms with Crippen molar-refractivity contribution in [1.82, 2.24) is 19.8 Å². The summed E-state index contributed by atoms with van der Waals surface area (Å²) in [4.78, 5) is 25.0. The van der Waals surface area contributed by atoms with Crippen molar-refractivity contribution in [3.8, 4) is 0 Å². The molecule has 0 bridgehead atoms. The number of amides is 3. The molecular formula is C16H22ClFN4O4S. The molecule has 27 heavy (non-hydrogen) atoms. The summed E-state index contributed by atoms with van der Waals surface area (Å²) in [6.07, 6.45) is 0.761. The topological polar surface area (TPSA) is 98.8 Å². The zero-order valence-corrected chi connectivity index (χ0v) is 16.4. The monoisotopic (exact) mass is 420 g/mol. The molecule has 1 aliphatic rings. The minimum Gasteiger partial charge on any atom is -0.338 e. The lowest BCUT2D eigenvalue weighted by Crippen LogP contribution is -2.52. The number of nitrogens with one attached hydrogen (secondary N) is 2. The first kappa shape index (κ1) is 21.5. The maximum atomic E-state index is 13.2. The second-order valence-corrected chi connectivity index (χ2v) is 8.41. The Hall–Kier alpha value is -1.75. The van der Waals surface area contributed by atoms with Crippen molar-refractivity contribution in [2.45, 2.75) is 18.2 Å². The predicted octanol–water partition coefficient (Wildman–Crippen LogP) is 1.02. The third-order valence-corrected chi connectivity index (χ3v) is 6.20. The fourth-order valence-corrected chi connectivity index (χ4v) is 4.26. The molecule has 1 fully saturated rings. The Kier molecular flexibility index (Phi) is 7.54. The van der Waals surface area contributed by atoms with Crippen molar-refractivity contribution in [2.24, 2.45) is 0 Å². The number of halogens is 2. The lowest BCUT2D eigenvalue weighted by molar-refractivity contribution is -0.121. The summed E-state index contributed by atoms with van der Waals surface area (Å²) in [6, 6.07) is 2.72. The molecule has 11 heteroatoms. The number of piperazine rings is 1. The normalized spacial score (nSPS) is 16.1. The van der Waals surface area contributed by atoms with Gasteiger partial charge in [-0.2, -0.15) is 4.31 Å². The largest absolute Gasteiger partial charge is 0.338 e. The van der Waals surface area contributed by atoms with Gasteiger partial charge in [0.05, 0.1) is 16.5 Å². The minimum atomic E-state index is -3.79. The summed E-state index contributed by atoms with van der Waals surface area (Å²) in [7, 11) is -3.79. The third kappa shape index (κ3) is 5.86. The van der Waals surface area contributed by atoms with Crippen LogP contribution in [-0.4, -0.2) is 68.8 Å². The molecule has 0 unspecified atom stereocenters. The first-order valence-electron chi connectivity index (χ1n) is 8.49. The summed E-state index contributed by atoms with van der Waals surface area (Å²) in [5.41, 5.74) is 0. The van der Waals surface area contributed by atoms with E-state index in [9.17, 15) is 22.4 Å². The van der Waals surface area contributed by atoms with Crippen LogP contribution in [0.3, 0.4) is 0 Å². The number of sulfonamides is 1. The highest BCUT2D eigenvalue weighted by Crippen LogP contribution is 2.23. The molecule has 1 aliphatic heterocycles. The Morgan fingerprint density at radius 3 is 2.48 bits per heavy atom. The van der Waals surface area contributed by atoms with Crippen LogP contribution in [0.5, 0.6) is 0 Å². The summed E-state index contributed by atoms with van der Waals surface area (Å²) < 4.78 is 39.7. The number of carbonyl (C=O) groups is 2. The zero-order chi connectivity index (χ0) is 20.0. The molecule has 2 rings (SSSR count). The fourth-order valence-electron chi connectivity index (χ4n) is 2.57. The molecule has 1 heterocycles. The second kappa shape index (κ2) is 9.45. The highest BCUT2D eigenvalue weighted by molar-refractivity contribution is 7.89. The van der Waals surface area contributed by atoms with Crippen LogP contribution in [0, 0.1) is 5.82 Å². The molecule has 1 aromatic carbocycles. The molecule has 3 amide bonds. The van der Waals surface area contributed by atoms with E-state index in [0.717, 1.165) is 18.6 Å². The molecule has 0 aliphatic carbocycles. The Bertz CT molecular complexity index is 798. The molecule has 1 aromatic rings. The van der Waals surface area contributed by atoms with E-state index in [-0.39, 0.29) is 29.6 Å². The lowest BCUT2D eigenvalue weighted by Gasteiger charge is -2.33. The zero-order valence-electron chi connectivity index (χ0n) is 14.9. The number of benzene rings is 1. The number of carbonyl (C=O) groups excluding carboxylic acids is 2. The van der Waals surface area contributed by atoms with Gasteiger partial charge in [-0.15, -0.1) is 0 Å². The van der Waals surface area contributed by atoms with Gasteiger partial charge in [0, 0.05) is 32.7 Å². The van der Waals surface area contributed by atoms with Crippen molar-refractivity contribution in [1.29, 1.82) is 0 Å². The number of urea groups is 1. The van der Waals surface area contributed by atoms with Crippen LogP contribution < -0.4 is 10.6 Å². The van der Waals surface area contributed by atoms with Crippen LogP contribution >= 0.6 is 11.6 Å². The summed E-state index contributed by atoms with van der Waals surface area (Å²) in [5.74, 6) is -1.14. The van der Waals surface area contributed by atoms with Gasteiger partial charge in [-0.05, 0) is 24.6 Å². The lowest BCUT2D eigenvalue weighted by atomic mass is 10.3. The van der Waals surface area contributed by atoms with Crippen LogP contribution in [0.25, 0.3) is 0 Å². The van der Waals surface area contributed by atoms with Gasteiger partial charge in [0.2, 0.25) is 15.9 Å². The van der Waals surface area contributed by atoms with E-state index in [4.69, 9.17) is 11.6 Å². The van der Waals surface area contributed by atoms with E-state index in [0.29, 0.717) is 19.6 Å². The molecule has 0 atom stereocenters. The smallest absolute Gasteiger partial charge is 0.321 e. The quantitative estimate of drug-likeness (QED) is 0.716. The number of nitrogens with zero attached hydrogens (tertiary/aromatic N) is 2. The van der Waals surface area contributed by atoms with Crippen LogP contribution in [0.4, 0.5) is 9.18 Å². The Morgan fingerprint density at radius 1 is 1.22 bits per heavy atom. The summed E-state index contributed by atoms with van der Waals surface area (Å²) in [5, 5.41) is 4.51. The van der Waals surface area contributed by atoms with Gasteiger partial charge in [0.25, 0.3) is 0 Å². The number of imide groups is 1. The Balaban J connectivity index is 1.88. The van der Waals surface area contributed by atoms with Gasteiger partial charge in [0.1, 0.15) is 5.82 Å². The van der Waals surface area contributed by atoms with Crippen LogP contribution in [0.15, 0.2) is 23.1 Å². The van der Waals surface area contributed by atoms with Crippen molar-refractivity contribution in [3.63, 3.8) is 0 Å². The van der Waals surface area contributed by atoms with Gasteiger partial charge in [-0.3, -0.25) is 15.0 Å². The maximum Gasteiger partial charge on any atom is 0.321 e. The first-order valence-corrected chi connectivity index (χ1v) is 10.3. The van der Waals surface area contributed by atoms with E-state index in [2.05, 4.69) is 10.6 Å². The van der Waals surface area contributed by atoms with E-state index in [1.54, 1.807) is 4.90 Å². The van der Waals surface area contributed by atoms with Crippen LogP contribution in [-0.2, 0) is 14.8 Å². The van der Waals surface area contributed by atoms with E-state index < -0.39 is 27.8 Å². The third-order valence-electron chi connectivity index (χ3n) is 4.02. The highest BCUT2D eigenvalue weighted by atomic mass is 35.5. The van der Waals surface area contributed by atoms with Gasteiger partial charge in [-0.1, -0.05) is 18.5 Å². The van der Waals surface area contributed by atoms with Crippen molar-refractivity contribution in [3.05, 3.63) is 29.0 Å². The Labute approximate surface area is 162 Å². The van der Waals surface area contributed by atoms with Gasteiger partial charge < -0.3 is 5.32 Å². The molecule has 2 N–H and O–H groups in total. The number of rotatable bonds is 6. The molecule has 1 saturated heterocycles. The van der Waals surface area contributed by atoms with E-state index in [1.807, 2.05) is 6.92 Å². The summed E-state index contributed by atoms with van der Waals surface area (Å²) in [6.45, 7) is 3.38. The maximum absolute atomic E-state index is 13.2. The highest BCUT2D eigenvalue weighted by Gasteiger charge is 2.29. The van der Waals surface area contributed by atoms with Crippen molar-refractivity contribution >= 4 is 33.6 Å². The minimum absolute atomic E-state index is 0.00416.